The maximum absolute atomic E-state index is 5.50. The summed E-state index contributed by atoms with van der Waals surface area (Å²) in [6.45, 7) is 2.18. The van der Waals surface area contributed by atoms with Crippen molar-refractivity contribution in [2.24, 2.45) is 5.92 Å². The topological polar surface area (TPSA) is 40.2 Å². The van der Waals surface area contributed by atoms with E-state index in [4.69, 9.17) is 18.9 Å². The van der Waals surface area contributed by atoms with Crippen LogP contribution in [0.3, 0.4) is 0 Å². The average molecular weight is 478 g/mol. The summed E-state index contributed by atoms with van der Waals surface area (Å²) in [5, 5.41) is 0. The van der Waals surface area contributed by atoms with Crippen LogP contribution >= 0.6 is 12.4 Å². The lowest BCUT2D eigenvalue weighted by Crippen LogP contribution is -2.23. The lowest BCUT2D eigenvalue weighted by Gasteiger charge is -2.19. The fraction of sp³-hybridized carbons (Fsp3) is 0.556. The predicted octanol–water partition coefficient (Wildman–Crippen LogP) is 5.59. The zero-order chi connectivity index (χ0) is 22.9. The summed E-state index contributed by atoms with van der Waals surface area (Å²) < 4.78 is 21.7. The Morgan fingerprint density at radius 2 is 1.30 bits per heavy atom. The Morgan fingerprint density at radius 1 is 0.758 bits per heavy atom. The first-order chi connectivity index (χ1) is 15.6. The van der Waals surface area contributed by atoms with Crippen LogP contribution in [0, 0.1) is 5.92 Å². The minimum Gasteiger partial charge on any atom is -0.493 e. The zero-order valence-corrected chi connectivity index (χ0v) is 21.6. The van der Waals surface area contributed by atoms with Crippen LogP contribution in [0.2, 0.25) is 0 Å². The van der Waals surface area contributed by atoms with Crippen molar-refractivity contribution in [3.05, 3.63) is 47.0 Å². The molecule has 0 atom stereocenters. The van der Waals surface area contributed by atoms with E-state index in [9.17, 15) is 0 Å². The van der Waals surface area contributed by atoms with Gasteiger partial charge in [-0.15, -0.1) is 12.4 Å². The summed E-state index contributed by atoms with van der Waals surface area (Å²) in [6, 6.07) is 10.6. The molecule has 0 unspecified atom stereocenters. The Labute approximate surface area is 205 Å². The second-order valence-corrected chi connectivity index (χ2v) is 8.80. The average Bonchev–Trinajstić information content (AvgIpc) is 3.03. The molecule has 0 N–H and O–H groups in total. The molecular weight excluding hydrogens is 438 g/mol. The molecule has 2 aromatic carbocycles. The lowest BCUT2D eigenvalue weighted by molar-refractivity contribution is 0.308. The van der Waals surface area contributed by atoms with Gasteiger partial charge < -0.3 is 23.8 Å². The summed E-state index contributed by atoms with van der Waals surface area (Å²) >= 11 is 0. The zero-order valence-electron chi connectivity index (χ0n) is 20.8. The molecule has 1 aliphatic carbocycles. The minimum atomic E-state index is 0. The molecule has 2 aromatic rings. The molecule has 6 heteroatoms. The fourth-order valence-corrected chi connectivity index (χ4v) is 4.70. The maximum Gasteiger partial charge on any atom is 0.161 e. The van der Waals surface area contributed by atoms with Crippen molar-refractivity contribution in [1.82, 2.24) is 4.90 Å². The van der Waals surface area contributed by atoms with Gasteiger partial charge in [-0.1, -0.05) is 6.07 Å². The second-order valence-electron chi connectivity index (χ2n) is 8.80. The molecule has 0 heterocycles. The van der Waals surface area contributed by atoms with Gasteiger partial charge in [0, 0.05) is 6.54 Å². The molecule has 0 aromatic heterocycles. The summed E-state index contributed by atoms with van der Waals surface area (Å²) in [6.07, 6.45) is 8.35. The van der Waals surface area contributed by atoms with Crippen LogP contribution < -0.4 is 18.9 Å². The van der Waals surface area contributed by atoms with E-state index in [0.29, 0.717) is 0 Å². The third kappa shape index (κ3) is 7.44. The van der Waals surface area contributed by atoms with Crippen LogP contribution in [0.25, 0.3) is 0 Å². The molecule has 0 radical (unpaired) electrons. The fourth-order valence-electron chi connectivity index (χ4n) is 4.70. The van der Waals surface area contributed by atoms with Crippen LogP contribution in [0.1, 0.15) is 42.4 Å². The number of rotatable bonds is 11. The molecule has 0 amide bonds. The molecule has 0 bridgehead atoms. The Hall–Kier alpha value is -2.11. The van der Waals surface area contributed by atoms with Crippen molar-refractivity contribution in [3.63, 3.8) is 0 Å². The third-order valence-electron chi connectivity index (χ3n) is 6.73. The first kappa shape index (κ1) is 27.1. The molecule has 33 heavy (non-hydrogen) atoms. The van der Waals surface area contributed by atoms with Gasteiger partial charge in [0.1, 0.15) is 0 Å². The van der Waals surface area contributed by atoms with Crippen LogP contribution in [0.4, 0.5) is 0 Å². The first-order valence-corrected chi connectivity index (χ1v) is 11.7. The highest BCUT2D eigenvalue weighted by Crippen LogP contribution is 2.35. The monoisotopic (exact) mass is 477 g/mol. The standard InChI is InChI=1S/C27H39NO4.ClH/c1-28(16-14-21-10-13-24(29-2)25(17-21)30-3)15-6-7-20-8-11-22-18-26(31-4)27(32-5)19-23(22)12-9-20;/h10,13,17-20H,6-9,11-12,14-16H2,1-5H3;1H. The highest BCUT2D eigenvalue weighted by atomic mass is 35.5. The molecule has 0 fully saturated rings. The van der Waals surface area contributed by atoms with E-state index in [1.165, 1.54) is 42.4 Å². The van der Waals surface area contributed by atoms with Crippen molar-refractivity contribution in [2.45, 2.75) is 44.9 Å². The quantitative estimate of drug-likeness (QED) is 0.394. The van der Waals surface area contributed by atoms with Crippen molar-refractivity contribution in [3.8, 4) is 23.0 Å². The van der Waals surface area contributed by atoms with Gasteiger partial charge in [-0.2, -0.15) is 0 Å². The highest BCUT2D eigenvalue weighted by molar-refractivity contribution is 5.85. The van der Waals surface area contributed by atoms with E-state index in [1.54, 1.807) is 28.4 Å². The Morgan fingerprint density at radius 3 is 1.85 bits per heavy atom. The molecule has 0 saturated heterocycles. The number of halogens is 1. The van der Waals surface area contributed by atoms with E-state index in [-0.39, 0.29) is 12.4 Å². The molecule has 0 aliphatic heterocycles. The molecule has 5 nitrogen and oxygen atoms in total. The van der Waals surface area contributed by atoms with Gasteiger partial charge in [-0.3, -0.25) is 0 Å². The third-order valence-corrected chi connectivity index (χ3v) is 6.73. The molecular formula is C27H40ClNO4. The van der Waals surface area contributed by atoms with Gasteiger partial charge >= 0.3 is 0 Å². The Balaban J connectivity index is 0.00000385. The van der Waals surface area contributed by atoms with Gasteiger partial charge in [0.25, 0.3) is 0 Å². The van der Waals surface area contributed by atoms with E-state index in [2.05, 4.69) is 36.2 Å². The van der Waals surface area contributed by atoms with Gasteiger partial charge in [0.15, 0.2) is 23.0 Å². The van der Waals surface area contributed by atoms with Crippen LogP contribution in [0.5, 0.6) is 23.0 Å². The van der Waals surface area contributed by atoms with Gasteiger partial charge in [-0.25, -0.2) is 0 Å². The van der Waals surface area contributed by atoms with E-state index >= 15 is 0 Å². The summed E-state index contributed by atoms with van der Waals surface area (Å²) in [4.78, 5) is 2.44. The predicted molar refractivity (Wildman–Crippen MR) is 137 cm³/mol. The SMILES string of the molecule is COc1ccc(CCN(C)CCCC2CCc3cc(OC)c(OC)cc3CC2)cc1OC.Cl. The number of ether oxygens (including phenoxy) is 4. The molecule has 1 aliphatic rings. The van der Waals surface area contributed by atoms with Crippen molar-refractivity contribution in [1.29, 1.82) is 0 Å². The second kappa shape index (κ2) is 13.6. The summed E-state index contributed by atoms with van der Waals surface area (Å²) in [5.41, 5.74) is 4.14. The number of hydrogen-bond acceptors (Lipinski definition) is 5. The number of likely N-dealkylation sites (N-methyl/N-ethyl adjacent to an activating group) is 1. The van der Waals surface area contributed by atoms with Crippen LogP contribution in [-0.2, 0) is 19.3 Å². The van der Waals surface area contributed by atoms with Crippen LogP contribution in [-0.4, -0.2) is 53.5 Å². The minimum absolute atomic E-state index is 0. The molecule has 184 valence electrons. The van der Waals surface area contributed by atoms with Gasteiger partial charge in [0.2, 0.25) is 0 Å². The number of methoxy groups -OCH3 is 4. The highest BCUT2D eigenvalue weighted by Gasteiger charge is 2.19. The maximum atomic E-state index is 5.50. The van der Waals surface area contributed by atoms with Gasteiger partial charge in [0.05, 0.1) is 28.4 Å². The van der Waals surface area contributed by atoms with Crippen LogP contribution in [0.15, 0.2) is 30.3 Å². The van der Waals surface area contributed by atoms with E-state index < -0.39 is 0 Å². The number of aryl methyl sites for hydroxylation is 2. The smallest absolute Gasteiger partial charge is 0.161 e. The molecule has 0 saturated carbocycles. The molecule has 0 spiro atoms. The number of nitrogens with zero attached hydrogens (tertiary/aromatic N) is 1. The largest absolute Gasteiger partial charge is 0.493 e. The van der Waals surface area contributed by atoms with Gasteiger partial charge in [-0.05, 0) is 105 Å². The summed E-state index contributed by atoms with van der Waals surface area (Å²) in [5.74, 6) is 4.07. The number of fused-ring (bicyclic) bond motifs is 1. The Bertz CT molecular complexity index is 838. The normalized spacial score (nSPS) is 13.6. The lowest BCUT2D eigenvalue weighted by atomic mass is 9.94. The number of benzene rings is 2. The summed E-state index contributed by atoms with van der Waals surface area (Å²) in [7, 11) is 9.01. The van der Waals surface area contributed by atoms with Crippen molar-refractivity contribution < 1.29 is 18.9 Å². The first-order valence-electron chi connectivity index (χ1n) is 11.7. The molecule has 3 rings (SSSR count). The van der Waals surface area contributed by atoms with Crippen molar-refractivity contribution in [2.75, 3.05) is 48.6 Å². The van der Waals surface area contributed by atoms with Crippen molar-refractivity contribution >= 4 is 12.4 Å². The Kier molecular flexibility index (Phi) is 11.2. The van der Waals surface area contributed by atoms with E-state index in [1.807, 2.05) is 6.07 Å². The van der Waals surface area contributed by atoms with E-state index in [0.717, 1.165) is 61.3 Å². The number of hydrogen-bond donors (Lipinski definition) is 0.